The normalized spacial score (nSPS) is 23.1. The van der Waals surface area contributed by atoms with Crippen LogP contribution in [0.15, 0.2) is 24.3 Å². The van der Waals surface area contributed by atoms with Crippen LogP contribution in [-0.4, -0.2) is 60.7 Å². The van der Waals surface area contributed by atoms with Gasteiger partial charge in [-0.25, -0.2) is 4.72 Å². The molecule has 2 aliphatic heterocycles. The Morgan fingerprint density at radius 3 is 2.76 bits per heavy atom. The summed E-state index contributed by atoms with van der Waals surface area (Å²) in [5.41, 5.74) is -1.19. The molecule has 0 aliphatic carbocycles. The second kappa shape index (κ2) is 6.15. The summed E-state index contributed by atoms with van der Waals surface area (Å²) in [6.07, 6.45) is 0. The zero-order valence-corrected chi connectivity index (χ0v) is 15.3. The van der Waals surface area contributed by atoms with E-state index in [1.165, 1.54) is 4.90 Å². The summed E-state index contributed by atoms with van der Waals surface area (Å²) in [5.74, 6) is -0.499. The van der Waals surface area contributed by atoms with E-state index in [1.807, 2.05) is 4.72 Å². The molecule has 0 spiro atoms. The number of halogens is 1. The molecule has 10 heteroatoms. The molecule has 136 valence electrons. The van der Waals surface area contributed by atoms with Gasteiger partial charge in [-0.2, -0.15) is 12.7 Å². The largest absolute Gasteiger partial charge is 0.478 e. The molecule has 2 fully saturated rings. The SMILES string of the molecule is CC(C)(Oc1cccc(Cl)c1)C(=O)N1CCN2C(C1)C(=O)NS2(=O)=O. The number of hydrogen-bond donors (Lipinski definition) is 1. The van der Waals surface area contributed by atoms with Crippen molar-refractivity contribution in [3.8, 4) is 5.75 Å². The fourth-order valence-corrected chi connectivity index (χ4v) is 4.46. The van der Waals surface area contributed by atoms with Crippen LogP contribution in [-0.2, 0) is 19.8 Å². The molecule has 1 aromatic carbocycles. The van der Waals surface area contributed by atoms with Gasteiger partial charge in [-0.15, -0.1) is 0 Å². The Labute approximate surface area is 150 Å². The number of ether oxygens (including phenoxy) is 1. The molecule has 0 saturated carbocycles. The molecule has 8 nitrogen and oxygen atoms in total. The van der Waals surface area contributed by atoms with Crippen LogP contribution in [0.1, 0.15) is 13.8 Å². The zero-order chi connectivity index (χ0) is 18.4. The van der Waals surface area contributed by atoms with E-state index in [1.54, 1.807) is 38.1 Å². The number of amides is 2. The van der Waals surface area contributed by atoms with Gasteiger partial charge in [0.25, 0.3) is 11.8 Å². The summed E-state index contributed by atoms with van der Waals surface area (Å²) in [5, 5.41) is 0.488. The van der Waals surface area contributed by atoms with Gasteiger partial charge in [-0.05, 0) is 32.0 Å². The average molecular weight is 388 g/mol. The summed E-state index contributed by atoms with van der Waals surface area (Å²) in [6.45, 7) is 3.48. The molecule has 0 aromatic heterocycles. The summed E-state index contributed by atoms with van der Waals surface area (Å²) in [4.78, 5) is 26.1. The van der Waals surface area contributed by atoms with E-state index in [0.717, 1.165) is 4.31 Å². The van der Waals surface area contributed by atoms with Gasteiger partial charge in [-0.1, -0.05) is 17.7 Å². The van der Waals surface area contributed by atoms with E-state index in [9.17, 15) is 18.0 Å². The fraction of sp³-hybridized carbons (Fsp3) is 0.467. The Kier molecular flexibility index (Phi) is 4.42. The van der Waals surface area contributed by atoms with E-state index >= 15 is 0 Å². The molecule has 1 aromatic rings. The van der Waals surface area contributed by atoms with Crippen molar-refractivity contribution >= 4 is 33.6 Å². The first-order valence-corrected chi connectivity index (χ1v) is 9.49. The highest BCUT2D eigenvalue weighted by Crippen LogP contribution is 2.26. The van der Waals surface area contributed by atoms with E-state index in [-0.39, 0.29) is 25.5 Å². The Balaban J connectivity index is 1.73. The molecule has 0 radical (unpaired) electrons. The van der Waals surface area contributed by atoms with Crippen LogP contribution in [0.2, 0.25) is 5.02 Å². The lowest BCUT2D eigenvalue weighted by atomic mass is 10.1. The van der Waals surface area contributed by atoms with Crippen LogP contribution in [0.3, 0.4) is 0 Å². The van der Waals surface area contributed by atoms with Crippen molar-refractivity contribution in [2.75, 3.05) is 19.6 Å². The molecular weight excluding hydrogens is 370 g/mol. The fourth-order valence-electron chi connectivity index (χ4n) is 2.96. The highest BCUT2D eigenvalue weighted by Gasteiger charge is 2.49. The highest BCUT2D eigenvalue weighted by atomic mass is 35.5. The van der Waals surface area contributed by atoms with Crippen LogP contribution in [0.4, 0.5) is 0 Å². The predicted octanol–water partition coefficient (Wildman–Crippen LogP) is 0.385. The number of benzene rings is 1. The summed E-state index contributed by atoms with van der Waals surface area (Å²) in [6, 6.07) is 5.80. The van der Waals surface area contributed by atoms with Gasteiger partial charge in [0.2, 0.25) is 0 Å². The smallest absolute Gasteiger partial charge is 0.304 e. The van der Waals surface area contributed by atoms with E-state index in [0.29, 0.717) is 10.8 Å². The van der Waals surface area contributed by atoms with Gasteiger partial charge in [0.15, 0.2) is 5.60 Å². The molecule has 1 unspecified atom stereocenters. The minimum Gasteiger partial charge on any atom is -0.478 e. The molecule has 25 heavy (non-hydrogen) atoms. The van der Waals surface area contributed by atoms with Gasteiger partial charge in [0.05, 0.1) is 0 Å². The van der Waals surface area contributed by atoms with Crippen molar-refractivity contribution in [2.45, 2.75) is 25.5 Å². The van der Waals surface area contributed by atoms with E-state index in [2.05, 4.69) is 0 Å². The van der Waals surface area contributed by atoms with Crippen molar-refractivity contribution in [3.05, 3.63) is 29.3 Å². The zero-order valence-electron chi connectivity index (χ0n) is 13.7. The Morgan fingerprint density at radius 2 is 2.08 bits per heavy atom. The van der Waals surface area contributed by atoms with Crippen molar-refractivity contribution in [3.63, 3.8) is 0 Å². The molecule has 2 saturated heterocycles. The predicted molar refractivity (Wildman–Crippen MR) is 90.3 cm³/mol. The lowest BCUT2D eigenvalue weighted by Crippen LogP contribution is -2.59. The number of carbonyl (C=O) groups is 2. The molecule has 3 rings (SSSR count). The number of nitrogens with zero attached hydrogens (tertiary/aromatic N) is 2. The standard InChI is InChI=1S/C15H18ClN3O5S/c1-15(2,24-11-5-3-4-10(16)8-11)14(21)18-6-7-19-12(9-18)13(20)17-25(19,22)23/h3-5,8,12H,6-7,9H2,1-2H3,(H,17,20). The summed E-state index contributed by atoms with van der Waals surface area (Å²) >= 11 is 5.92. The van der Waals surface area contributed by atoms with Gasteiger partial charge in [0.1, 0.15) is 11.8 Å². The van der Waals surface area contributed by atoms with Crippen molar-refractivity contribution < 1.29 is 22.7 Å². The second-order valence-electron chi connectivity index (χ2n) is 6.42. The maximum atomic E-state index is 12.8. The number of hydrogen-bond acceptors (Lipinski definition) is 5. The highest BCUT2D eigenvalue weighted by molar-refractivity contribution is 7.88. The van der Waals surface area contributed by atoms with Crippen molar-refractivity contribution in [1.82, 2.24) is 13.9 Å². The number of piperazine rings is 1. The van der Waals surface area contributed by atoms with Gasteiger partial charge >= 0.3 is 10.2 Å². The number of nitrogens with one attached hydrogen (secondary N) is 1. The maximum Gasteiger partial charge on any atom is 0.304 e. The topological polar surface area (TPSA) is 96.0 Å². The lowest BCUT2D eigenvalue weighted by Gasteiger charge is -2.38. The number of fused-ring (bicyclic) bond motifs is 1. The van der Waals surface area contributed by atoms with Crippen LogP contribution >= 0.6 is 11.6 Å². The van der Waals surface area contributed by atoms with Gasteiger partial charge in [0, 0.05) is 24.7 Å². The third kappa shape index (κ3) is 3.44. The lowest BCUT2D eigenvalue weighted by molar-refractivity contribution is -0.148. The Hall–Kier alpha value is -1.84. The van der Waals surface area contributed by atoms with Gasteiger partial charge in [-0.3, -0.25) is 9.59 Å². The van der Waals surface area contributed by atoms with E-state index in [4.69, 9.17) is 16.3 Å². The Bertz CT molecular complexity index is 826. The number of carbonyl (C=O) groups excluding carboxylic acids is 2. The van der Waals surface area contributed by atoms with Crippen LogP contribution in [0.25, 0.3) is 0 Å². The third-order valence-electron chi connectivity index (χ3n) is 4.14. The first kappa shape index (κ1) is 18.0. The molecule has 2 heterocycles. The monoisotopic (exact) mass is 387 g/mol. The third-order valence-corrected chi connectivity index (χ3v) is 5.89. The summed E-state index contributed by atoms with van der Waals surface area (Å²) < 4.78 is 32.4. The van der Waals surface area contributed by atoms with Crippen LogP contribution in [0, 0.1) is 0 Å². The first-order valence-electron chi connectivity index (χ1n) is 7.67. The molecule has 0 bridgehead atoms. The minimum atomic E-state index is -3.78. The second-order valence-corrected chi connectivity index (χ2v) is 8.48. The Morgan fingerprint density at radius 1 is 1.36 bits per heavy atom. The minimum absolute atomic E-state index is 0.00771. The molecule has 2 aliphatic rings. The van der Waals surface area contributed by atoms with Crippen LogP contribution < -0.4 is 9.46 Å². The maximum absolute atomic E-state index is 12.8. The molecule has 1 atom stereocenters. The number of rotatable bonds is 3. The molecular formula is C15H18ClN3O5S. The van der Waals surface area contributed by atoms with Gasteiger partial charge < -0.3 is 9.64 Å². The van der Waals surface area contributed by atoms with Crippen molar-refractivity contribution in [2.24, 2.45) is 0 Å². The van der Waals surface area contributed by atoms with E-state index < -0.39 is 27.8 Å². The average Bonchev–Trinajstić information content (AvgIpc) is 2.75. The molecule has 2 amide bonds. The molecule has 1 N–H and O–H groups in total. The van der Waals surface area contributed by atoms with Crippen molar-refractivity contribution in [1.29, 1.82) is 0 Å². The first-order chi connectivity index (χ1) is 11.6. The summed E-state index contributed by atoms with van der Waals surface area (Å²) in [7, 11) is -3.78. The quantitative estimate of drug-likeness (QED) is 0.809. The van der Waals surface area contributed by atoms with Crippen LogP contribution in [0.5, 0.6) is 5.75 Å².